The number of hydrogen-bond acceptors (Lipinski definition) is 8. The number of nitrogens with one attached hydrogen (secondary N) is 2. The lowest BCUT2D eigenvalue weighted by atomic mass is 10.3. The number of sulfonamides is 1. The summed E-state index contributed by atoms with van der Waals surface area (Å²) in [5, 5.41) is 15.1. The van der Waals surface area contributed by atoms with Crippen LogP contribution in [0, 0.1) is 0 Å². The molecule has 0 saturated carbocycles. The van der Waals surface area contributed by atoms with Crippen molar-refractivity contribution < 1.29 is 18.0 Å². The average molecular weight is 441 g/mol. The lowest BCUT2D eigenvalue weighted by Crippen LogP contribution is -2.30. The van der Waals surface area contributed by atoms with Gasteiger partial charge in [-0.15, -0.1) is 10.2 Å². The van der Waals surface area contributed by atoms with Crippen molar-refractivity contribution >= 4 is 33.3 Å². The highest BCUT2D eigenvalue weighted by molar-refractivity contribution is 7.89. The Bertz CT molecular complexity index is 1160. The number of anilines is 2. The van der Waals surface area contributed by atoms with Crippen LogP contribution in [0.15, 0.2) is 59.8 Å². The van der Waals surface area contributed by atoms with Crippen molar-refractivity contribution in [3.8, 4) is 5.82 Å². The van der Waals surface area contributed by atoms with Crippen LogP contribution in [0.4, 0.5) is 11.5 Å². The number of rotatable bonds is 8. The zero-order valence-corrected chi connectivity index (χ0v) is 17.1. The average Bonchev–Trinajstić information content (AvgIpc) is 3.42. The molecule has 0 radical (unpaired) electrons. The van der Waals surface area contributed by atoms with Crippen molar-refractivity contribution in [2.75, 3.05) is 23.3 Å². The Morgan fingerprint density at radius 2 is 1.68 bits per heavy atom. The van der Waals surface area contributed by atoms with Crippen LogP contribution < -0.4 is 14.9 Å². The van der Waals surface area contributed by atoms with E-state index in [0.29, 0.717) is 23.9 Å². The van der Waals surface area contributed by atoms with Crippen LogP contribution in [0.3, 0.4) is 0 Å². The van der Waals surface area contributed by atoms with Crippen molar-refractivity contribution in [3.05, 3.63) is 54.9 Å². The normalized spacial score (nSPS) is 14.3. The quantitative estimate of drug-likeness (QED) is 0.385. The maximum atomic E-state index is 12.5. The first-order valence-corrected chi connectivity index (χ1v) is 11.0. The smallest absolute Gasteiger partial charge is 0.240 e. The molecule has 0 atom stereocenters. The van der Waals surface area contributed by atoms with E-state index in [1.165, 1.54) is 24.3 Å². The lowest BCUT2D eigenvalue weighted by Gasteiger charge is -2.14. The zero-order valence-electron chi connectivity index (χ0n) is 16.3. The predicted molar refractivity (Wildman–Crippen MR) is 111 cm³/mol. The van der Waals surface area contributed by atoms with Gasteiger partial charge in [0.1, 0.15) is 5.82 Å². The molecule has 0 unspecified atom stereocenters. The van der Waals surface area contributed by atoms with Gasteiger partial charge in [-0.1, -0.05) is 0 Å². The molecule has 0 bridgehead atoms. The van der Waals surface area contributed by atoms with E-state index in [4.69, 9.17) is 0 Å². The van der Waals surface area contributed by atoms with Gasteiger partial charge in [0.05, 0.1) is 10.6 Å². The summed E-state index contributed by atoms with van der Waals surface area (Å²) < 4.78 is 29.0. The largest absolute Gasteiger partial charge is 0.367 e. The minimum Gasteiger partial charge on any atom is -0.367 e. The molecule has 1 aliphatic heterocycles. The third kappa shape index (κ3) is 4.59. The van der Waals surface area contributed by atoms with Gasteiger partial charge in [-0.05, 0) is 42.5 Å². The molecule has 2 amide bonds. The highest BCUT2D eigenvalue weighted by Crippen LogP contribution is 2.23. The number of carbonyl (C=O) groups excluding carboxylic acids is 2. The standard InChI is InChI=1S/C19H19N7O4S/c27-18-8-9-19(28)26(18)14-2-4-15(5-3-14)31(29,30)22-12-11-20-16-6-7-17(24-23-16)25-13-1-10-21-25/h1-7,10,13,22H,8-9,11-12H2,(H,20,23). The molecular weight excluding hydrogens is 422 g/mol. The predicted octanol–water partition coefficient (Wildman–Crippen LogP) is 0.706. The number of benzene rings is 1. The van der Waals surface area contributed by atoms with Crippen LogP contribution in [-0.4, -0.2) is 53.3 Å². The molecule has 3 aromatic rings. The summed E-state index contributed by atoms with van der Waals surface area (Å²) in [6.07, 6.45) is 3.73. The second-order valence-electron chi connectivity index (χ2n) is 6.67. The van der Waals surface area contributed by atoms with Gasteiger partial charge in [0.25, 0.3) is 0 Å². The van der Waals surface area contributed by atoms with E-state index in [0.717, 1.165) is 4.90 Å². The van der Waals surface area contributed by atoms with Gasteiger partial charge in [-0.25, -0.2) is 17.8 Å². The van der Waals surface area contributed by atoms with Crippen LogP contribution in [0.2, 0.25) is 0 Å². The molecule has 1 aliphatic rings. The Balaban J connectivity index is 1.30. The summed E-state index contributed by atoms with van der Waals surface area (Å²) in [4.78, 5) is 24.7. The van der Waals surface area contributed by atoms with E-state index < -0.39 is 10.0 Å². The van der Waals surface area contributed by atoms with E-state index in [1.807, 2.05) is 0 Å². The highest BCUT2D eigenvalue weighted by atomic mass is 32.2. The molecule has 1 saturated heterocycles. The maximum Gasteiger partial charge on any atom is 0.240 e. The first kappa shape index (κ1) is 20.6. The third-order valence-corrected chi connectivity index (χ3v) is 6.05. The van der Waals surface area contributed by atoms with Crippen LogP contribution in [0.5, 0.6) is 0 Å². The molecule has 31 heavy (non-hydrogen) atoms. The topological polar surface area (TPSA) is 139 Å². The Morgan fingerprint density at radius 1 is 0.935 bits per heavy atom. The Hall–Kier alpha value is -3.64. The van der Waals surface area contributed by atoms with Gasteiger partial charge >= 0.3 is 0 Å². The minimum absolute atomic E-state index is 0.0405. The Labute approximate surface area is 178 Å². The summed E-state index contributed by atoms with van der Waals surface area (Å²) in [6.45, 7) is 0.416. The molecule has 1 aromatic carbocycles. The van der Waals surface area contributed by atoms with Crippen molar-refractivity contribution in [1.29, 1.82) is 0 Å². The van der Waals surface area contributed by atoms with Crippen LogP contribution in [0.1, 0.15) is 12.8 Å². The number of imide groups is 1. The molecule has 0 spiro atoms. The van der Waals surface area contributed by atoms with Gasteiger partial charge in [0, 0.05) is 38.3 Å². The molecule has 4 rings (SSSR count). The fourth-order valence-corrected chi connectivity index (χ4v) is 4.08. The highest BCUT2D eigenvalue weighted by Gasteiger charge is 2.30. The summed E-state index contributed by atoms with van der Waals surface area (Å²) >= 11 is 0. The summed E-state index contributed by atoms with van der Waals surface area (Å²) in [6, 6.07) is 10.9. The number of aromatic nitrogens is 4. The van der Waals surface area contributed by atoms with Crippen molar-refractivity contribution in [3.63, 3.8) is 0 Å². The van der Waals surface area contributed by atoms with Gasteiger partial charge in [0.2, 0.25) is 21.8 Å². The Kier molecular flexibility index (Phi) is 5.73. The molecule has 2 aromatic heterocycles. The van der Waals surface area contributed by atoms with Crippen molar-refractivity contribution in [1.82, 2.24) is 24.7 Å². The van der Waals surface area contributed by atoms with E-state index in [9.17, 15) is 18.0 Å². The monoisotopic (exact) mass is 441 g/mol. The van der Waals surface area contributed by atoms with Crippen LogP contribution in [0.25, 0.3) is 5.82 Å². The van der Waals surface area contributed by atoms with Crippen molar-refractivity contribution in [2.45, 2.75) is 17.7 Å². The fraction of sp³-hybridized carbons (Fsp3) is 0.211. The Morgan fingerprint density at radius 3 is 2.29 bits per heavy atom. The molecule has 12 heteroatoms. The molecule has 3 heterocycles. The summed E-state index contributed by atoms with van der Waals surface area (Å²) in [5.74, 6) is 0.493. The van der Waals surface area contributed by atoms with Crippen LogP contribution >= 0.6 is 0 Å². The second kappa shape index (κ2) is 8.62. The molecule has 1 fully saturated rings. The first-order valence-electron chi connectivity index (χ1n) is 9.47. The molecule has 2 N–H and O–H groups in total. The number of amides is 2. The third-order valence-electron chi connectivity index (χ3n) is 4.57. The molecule has 0 aliphatic carbocycles. The number of hydrogen-bond donors (Lipinski definition) is 2. The van der Waals surface area contributed by atoms with Gasteiger partial charge in [-0.3, -0.25) is 14.5 Å². The fourth-order valence-electron chi connectivity index (χ4n) is 3.04. The SMILES string of the molecule is O=C1CCC(=O)N1c1ccc(S(=O)(=O)NCCNc2ccc(-n3cccn3)nn2)cc1. The van der Waals surface area contributed by atoms with Gasteiger partial charge in [0.15, 0.2) is 5.82 Å². The van der Waals surface area contributed by atoms with Crippen molar-refractivity contribution in [2.24, 2.45) is 0 Å². The molecule has 11 nitrogen and oxygen atoms in total. The van der Waals surface area contributed by atoms with Crippen LogP contribution in [-0.2, 0) is 19.6 Å². The first-order chi connectivity index (χ1) is 14.9. The van der Waals surface area contributed by atoms with E-state index in [-0.39, 0.29) is 36.1 Å². The maximum absolute atomic E-state index is 12.5. The lowest BCUT2D eigenvalue weighted by molar-refractivity contribution is -0.121. The zero-order chi connectivity index (χ0) is 21.8. The van der Waals surface area contributed by atoms with E-state index in [1.54, 1.807) is 35.3 Å². The summed E-state index contributed by atoms with van der Waals surface area (Å²) in [5.41, 5.74) is 0.366. The second-order valence-corrected chi connectivity index (χ2v) is 8.44. The summed E-state index contributed by atoms with van der Waals surface area (Å²) in [7, 11) is -3.74. The van der Waals surface area contributed by atoms with E-state index >= 15 is 0 Å². The minimum atomic E-state index is -3.74. The van der Waals surface area contributed by atoms with Gasteiger partial charge in [-0.2, -0.15) is 5.10 Å². The number of nitrogens with zero attached hydrogens (tertiary/aromatic N) is 5. The molecule has 160 valence electrons. The van der Waals surface area contributed by atoms with Gasteiger partial charge < -0.3 is 5.32 Å². The molecular formula is C19H19N7O4S. The number of carbonyl (C=O) groups is 2. The van der Waals surface area contributed by atoms with E-state index in [2.05, 4.69) is 25.3 Å².